The second kappa shape index (κ2) is 12.5. The van der Waals surface area contributed by atoms with Gasteiger partial charge in [0.15, 0.2) is 6.29 Å². The Labute approximate surface area is 238 Å². The van der Waals surface area contributed by atoms with Crippen LogP contribution in [0.25, 0.3) is 10.4 Å². The van der Waals surface area contributed by atoms with Gasteiger partial charge in [-0.05, 0) is 55.5 Å². The van der Waals surface area contributed by atoms with Gasteiger partial charge in [-0.2, -0.15) is 21.3 Å². The summed E-state index contributed by atoms with van der Waals surface area (Å²) < 4.78 is 76.9. The van der Waals surface area contributed by atoms with Crippen LogP contribution in [0.4, 0.5) is 4.39 Å². The lowest BCUT2D eigenvalue weighted by molar-refractivity contribution is -0.202. The van der Waals surface area contributed by atoms with Crippen molar-refractivity contribution in [1.29, 1.82) is 0 Å². The number of ether oxygens (including phenoxy) is 1. The molecule has 3 aliphatic heterocycles. The summed E-state index contributed by atoms with van der Waals surface area (Å²) in [6, 6.07) is 7.41. The molecule has 3 saturated heterocycles. The standard InChI is InChI=1S/C25H33FN4O7S3/c26-20-9-7-19(8-10-20)22-11-12-24(38-22)39(32,33)30-16-15-29(40(34,35)28-13-3-1-4-14-28)18-21(30)25(31)27-37-23-6-2-5-17-36-23/h7-12,21,23H,1-6,13-18H2,(H,27,31). The maximum absolute atomic E-state index is 13.8. The summed E-state index contributed by atoms with van der Waals surface area (Å²) in [4.78, 5) is 19.4. The molecule has 0 radical (unpaired) electrons. The number of rotatable bonds is 8. The lowest BCUT2D eigenvalue weighted by atomic mass is 10.2. The first-order valence-corrected chi connectivity index (χ1v) is 17.0. The van der Waals surface area contributed by atoms with Gasteiger partial charge in [0.1, 0.15) is 16.1 Å². The molecule has 3 fully saturated rings. The Morgan fingerprint density at radius 2 is 1.68 bits per heavy atom. The first kappa shape index (κ1) is 29.5. The van der Waals surface area contributed by atoms with E-state index in [0.717, 1.165) is 47.7 Å². The number of amides is 1. The fourth-order valence-electron chi connectivity index (χ4n) is 5.05. The summed E-state index contributed by atoms with van der Waals surface area (Å²) in [5.41, 5.74) is 2.98. The normalized spacial score (nSPS) is 24.1. The molecule has 0 spiro atoms. The van der Waals surface area contributed by atoms with Crippen LogP contribution < -0.4 is 5.48 Å². The average molecular weight is 617 g/mol. The Bertz CT molecular complexity index is 1390. The van der Waals surface area contributed by atoms with Crippen molar-refractivity contribution in [1.82, 2.24) is 18.4 Å². The van der Waals surface area contributed by atoms with E-state index in [1.807, 2.05) is 0 Å². The highest BCUT2D eigenvalue weighted by atomic mass is 32.2. The third kappa shape index (κ3) is 6.41. The number of piperazine rings is 1. The van der Waals surface area contributed by atoms with Crippen LogP contribution in [-0.2, 0) is 34.6 Å². The Kier molecular flexibility index (Phi) is 9.21. The fourth-order valence-corrected chi connectivity index (χ4v) is 9.75. The average Bonchev–Trinajstić information content (AvgIpc) is 3.48. The quantitative estimate of drug-likeness (QED) is 0.452. The maximum atomic E-state index is 13.8. The molecule has 1 amide bonds. The van der Waals surface area contributed by atoms with Crippen LogP contribution in [0.3, 0.4) is 0 Å². The lowest BCUT2D eigenvalue weighted by Gasteiger charge is -2.40. The summed E-state index contributed by atoms with van der Waals surface area (Å²) in [7, 11) is -8.08. The molecule has 15 heteroatoms. The van der Waals surface area contributed by atoms with Gasteiger partial charge in [0.25, 0.3) is 26.1 Å². The minimum absolute atomic E-state index is 0.00602. The van der Waals surface area contributed by atoms with Crippen molar-refractivity contribution in [3.8, 4) is 10.4 Å². The van der Waals surface area contributed by atoms with E-state index in [9.17, 15) is 26.0 Å². The summed E-state index contributed by atoms with van der Waals surface area (Å²) >= 11 is 0.996. The van der Waals surface area contributed by atoms with E-state index in [0.29, 0.717) is 36.6 Å². The fraction of sp³-hybridized carbons (Fsp3) is 0.560. The second-order valence-corrected chi connectivity index (χ2v) is 15.1. The molecule has 1 N–H and O–H groups in total. The third-order valence-electron chi connectivity index (χ3n) is 7.27. The van der Waals surface area contributed by atoms with Crippen molar-refractivity contribution >= 4 is 37.5 Å². The summed E-state index contributed by atoms with van der Waals surface area (Å²) in [6.45, 7) is 0.611. The lowest BCUT2D eigenvalue weighted by Crippen LogP contribution is -2.63. The zero-order valence-electron chi connectivity index (χ0n) is 21.9. The van der Waals surface area contributed by atoms with Crippen LogP contribution >= 0.6 is 11.3 Å². The van der Waals surface area contributed by atoms with Crippen LogP contribution in [0.5, 0.6) is 0 Å². The molecule has 4 heterocycles. The van der Waals surface area contributed by atoms with Crippen molar-refractivity contribution in [2.45, 2.75) is 55.1 Å². The molecule has 2 atom stereocenters. The molecule has 3 aliphatic rings. The Hall–Kier alpha value is -1.98. The number of hydrogen-bond acceptors (Lipinski definition) is 8. The minimum atomic E-state index is -4.19. The van der Waals surface area contributed by atoms with E-state index in [2.05, 4.69) is 5.48 Å². The van der Waals surface area contributed by atoms with Gasteiger partial charge in [0.05, 0.1) is 0 Å². The van der Waals surface area contributed by atoms with E-state index in [-0.39, 0.29) is 23.8 Å². The molecule has 2 unspecified atom stereocenters. The van der Waals surface area contributed by atoms with E-state index in [1.165, 1.54) is 26.8 Å². The summed E-state index contributed by atoms with van der Waals surface area (Å²) in [6.07, 6.45) is 4.11. The molecule has 40 heavy (non-hydrogen) atoms. The number of hydroxylamine groups is 1. The van der Waals surface area contributed by atoms with Gasteiger partial charge >= 0.3 is 0 Å². The van der Waals surface area contributed by atoms with Crippen molar-refractivity contribution in [2.24, 2.45) is 0 Å². The number of nitrogens with zero attached hydrogens (tertiary/aromatic N) is 3. The molecule has 5 rings (SSSR count). The predicted molar refractivity (Wildman–Crippen MR) is 146 cm³/mol. The van der Waals surface area contributed by atoms with Crippen LogP contribution in [0.1, 0.15) is 38.5 Å². The predicted octanol–water partition coefficient (Wildman–Crippen LogP) is 2.53. The highest BCUT2D eigenvalue weighted by Crippen LogP contribution is 2.34. The van der Waals surface area contributed by atoms with Crippen molar-refractivity contribution in [3.05, 3.63) is 42.2 Å². The number of nitrogens with one attached hydrogen (secondary N) is 1. The highest BCUT2D eigenvalue weighted by molar-refractivity contribution is 7.91. The molecule has 1 aromatic carbocycles. The number of hydrogen-bond donors (Lipinski definition) is 1. The molecule has 1 aromatic heterocycles. The monoisotopic (exact) mass is 616 g/mol. The van der Waals surface area contributed by atoms with Gasteiger partial charge in [0.2, 0.25) is 0 Å². The Morgan fingerprint density at radius 1 is 0.925 bits per heavy atom. The van der Waals surface area contributed by atoms with Crippen LogP contribution in [-0.4, -0.2) is 87.3 Å². The molecule has 2 aromatic rings. The first-order valence-electron chi connectivity index (χ1n) is 13.4. The minimum Gasteiger partial charge on any atom is -0.350 e. The molecule has 0 bridgehead atoms. The van der Waals surface area contributed by atoms with E-state index >= 15 is 0 Å². The Morgan fingerprint density at radius 3 is 2.38 bits per heavy atom. The summed E-state index contributed by atoms with van der Waals surface area (Å²) in [5.74, 6) is -1.17. The topological polar surface area (TPSA) is 126 Å². The number of thiophene rings is 1. The SMILES string of the molecule is O=C(NOC1CCCCO1)C1CN(S(=O)(=O)N2CCCCC2)CCN1S(=O)(=O)c1ccc(-c2ccc(F)cc2)s1. The van der Waals surface area contributed by atoms with Gasteiger partial charge in [-0.25, -0.2) is 23.1 Å². The van der Waals surface area contributed by atoms with Crippen molar-refractivity contribution in [2.75, 3.05) is 39.3 Å². The van der Waals surface area contributed by atoms with Crippen LogP contribution in [0, 0.1) is 5.82 Å². The van der Waals surface area contributed by atoms with E-state index < -0.39 is 44.3 Å². The second-order valence-electron chi connectivity index (χ2n) is 9.96. The first-order chi connectivity index (χ1) is 19.2. The smallest absolute Gasteiger partial charge is 0.282 e. The zero-order valence-corrected chi connectivity index (χ0v) is 24.4. The Balaban J connectivity index is 1.39. The number of sulfonamides is 1. The number of carbonyl (C=O) groups excluding carboxylic acids is 1. The highest BCUT2D eigenvalue weighted by Gasteiger charge is 2.45. The number of carbonyl (C=O) groups is 1. The summed E-state index contributed by atoms with van der Waals surface area (Å²) in [5, 5.41) is 0. The van der Waals surface area contributed by atoms with Gasteiger partial charge in [-0.15, -0.1) is 11.3 Å². The molecule has 220 valence electrons. The van der Waals surface area contributed by atoms with Crippen LogP contribution in [0.2, 0.25) is 0 Å². The van der Waals surface area contributed by atoms with E-state index in [4.69, 9.17) is 9.57 Å². The number of benzene rings is 1. The zero-order chi connectivity index (χ0) is 28.3. The number of piperidine rings is 1. The van der Waals surface area contributed by atoms with Gasteiger partial charge < -0.3 is 4.74 Å². The maximum Gasteiger partial charge on any atom is 0.282 e. The van der Waals surface area contributed by atoms with Gasteiger partial charge in [-0.1, -0.05) is 18.6 Å². The molecule has 11 nitrogen and oxygen atoms in total. The molecule has 0 aliphatic carbocycles. The number of halogens is 1. The molecular formula is C25H33FN4O7S3. The third-order valence-corrected chi connectivity index (χ3v) is 12.8. The van der Waals surface area contributed by atoms with E-state index in [1.54, 1.807) is 18.2 Å². The molecular weight excluding hydrogens is 583 g/mol. The van der Waals surface area contributed by atoms with Crippen LogP contribution in [0.15, 0.2) is 40.6 Å². The molecule has 0 saturated carbocycles. The van der Waals surface area contributed by atoms with Gasteiger partial charge in [0, 0.05) is 50.6 Å². The van der Waals surface area contributed by atoms with Gasteiger partial charge in [-0.3, -0.25) is 4.79 Å². The van der Waals surface area contributed by atoms with Crippen molar-refractivity contribution in [3.63, 3.8) is 0 Å². The largest absolute Gasteiger partial charge is 0.350 e. The van der Waals surface area contributed by atoms with Crippen molar-refractivity contribution < 1.29 is 35.6 Å².